The van der Waals surface area contributed by atoms with Crippen LogP contribution in [0.15, 0.2) is 42.7 Å². The summed E-state index contributed by atoms with van der Waals surface area (Å²) in [5.74, 6) is 0.973. The lowest BCUT2D eigenvalue weighted by Gasteiger charge is -2.04. The number of nitrogens with zero attached hydrogens (tertiary/aromatic N) is 4. The third-order valence-electron chi connectivity index (χ3n) is 3.09. The van der Waals surface area contributed by atoms with E-state index in [4.69, 9.17) is 10.5 Å². The molecular formula is C15H15N5O. The van der Waals surface area contributed by atoms with E-state index in [1.165, 1.54) is 0 Å². The summed E-state index contributed by atoms with van der Waals surface area (Å²) in [6.45, 7) is 1.88. The van der Waals surface area contributed by atoms with Gasteiger partial charge in [-0.3, -0.25) is 0 Å². The van der Waals surface area contributed by atoms with Gasteiger partial charge in [-0.05, 0) is 13.0 Å². The van der Waals surface area contributed by atoms with Gasteiger partial charge in [0.2, 0.25) is 5.88 Å². The van der Waals surface area contributed by atoms with Gasteiger partial charge in [-0.1, -0.05) is 18.2 Å². The van der Waals surface area contributed by atoms with Crippen molar-refractivity contribution in [2.45, 2.75) is 6.92 Å². The molecule has 0 aliphatic heterocycles. The van der Waals surface area contributed by atoms with Gasteiger partial charge in [-0.2, -0.15) is 10.1 Å². The molecule has 0 aliphatic rings. The van der Waals surface area contributed by atoms with Gasteiger partial charge >= 0.3 is 0 Å². The van der Waals surface area contributed by atoms with Crippen molar-refractivity contribution in [3.8, 4) is 23.0 Å². The van der Waals surface area contributed by atoms with Gasteiger partial charge in [-0.15, -0.1) is 0 Å². The Morgan fingerprint density at radius 3 is 2.76 bits per heavy atom. The van der Waals surface area contributed by atoms with Crippen molar-refractivity contribution >= 4 is 5.69 Å². The second-order valence-corrected chi connectivity index (χ2v) is 4.61. The molecule has 0 saturated carbocycles. The second kappa shape index (κ2) is 5.24. The fraction of sp³-hybridized carbons (Fsp3) is 0.133. The van der Waals surface area contributed by atoms with Crippen LogP contribution in [0, 0.1) is 6.92 Å². The highest BCUT2D eigenvalue weighted by molar-refractivity contribution is 5.75. The molecule has 0 amide bonds. The van der Waals surface area contributed by atoms with E-state index in [2.05, 4.69) is 15.1 Å². The maximum absolute atomic E-state index is 5.98. The fourth-order valence-electron chi connectivity index (χ4n) is 2.06. The summed E-state index contributed by atoms with van der Waals surface area (Å²) in [6, 6.07) is 9.42. The molecular weight excluding hydrogens is 266 g/mol. The normalized spacial score (nSPS) is 10.6. The van der Waals surface area contributed by atoms with Gasteiger partial charge in [0.25, 0.3) is 5.95 Å². The van der Waals surface area contributed by atoms with Gasteiger partial charge in [0, 0.05) is 34.8 Å². The first-order valence-corrected chi connectivity index (χ1v) is 6.47. The summed E-state index contributed by atoms with van der Waals surface area (Å²) in [5, 5.41) is 4.30. The van der Waals surface area contributed by atoms with Gasteiger partial charge in [0.1, 0.15) is 0 Å². The van der Waals surface area contributed by atoms with Crippen molar-refractivity contribution in [3.63, 3.8) is 0 Å². The Bertz CT molecular complexity index is 781. The van der Waals surface area contributed by atoms with E-state index in [0.29, 0.717) is 17.5 Å². The number of ether oxygens (including phenoxy) is 1. The smallest absolute Gasteiger partial charge is 0.254 e. The van der Waals surface area contributed by atoms with Crippen molar-refractivity contribution in [3.05, 3.63) is 48.4 Å². The molecule has 0 saturated heterocycles. The second-order valence-electron chi connectivity index (χ2n) is 4.61. The highest BCUT2D eigenvalue weighted by Gasteiger charge is 2.09. The maximum atomic E-state index is 5.98. The molecule has 3 rings (SSSR count). The molecule has 0 unspecified atom stereocenters. The lowest BCUT2D eigenvalue weighted by Crippen LogP contribution is -2.04. The van der Waals surface area contributed by atoms with Crippen LogP contribution in [0.5, 0.6) is 5.88 Å². The number of aryl methyl sites for hydroxylation is 1. The minimum atomic E-state index is 0.465. The summed E-state index contributed by atoms with van der Waals surface area (Å²) in [4.78, 5) is 8.65. The third-order valence-corrected chi connectivity index (χ3v) is 3.09. The van der Waals surface area contributed by atoms with Crippen LogP contribution in [0.4, 0.5) is 5.69 Å². The molecule has 0 fully saturated rings. The number of hydrogen-bond donors (Lipinski definition) is 1. The number of nitrogens with two attached hydrogens (primary N) is 1. The molecule has 2 heterocycles. The first kappa shape index (κ1) is 13.1. The predicted molar refractivity (Wildman–Crippen MR) is 80.3 cm³/mol. The molecule has 106 valence electrons. The molecule has 21 heavy (non-hydrogen) atoms. The van der Waals surface area contributed by atoms with Crippen LogP contribution < -0.4 is 10.5 Å². The Hall–Kier alpha value is -2.89. The van der Waals surface area contributed by atoms with Crippen LogP contribution in [0.25, 0.3) is 17.1 Å². The van der Waals surface area contributed by atoms with E-state index in [1.807, 2.05) is 37.4 Å². The summed E-state index contributed by atoms with van der Waals surface area (Å²) in [6.07, 6.45) is 3.59. The van der Waals surface area contributed by atoms with E-state index in [-0.39, 0.29) is 0 Å². The molecule has 0 bridgehead atoms. The van der Waals surface area contributed by atoms with E-state index in [0.717, 1.165) is 16.8 Å². The topological polar surface area (TPSA) is 78.9 Å². The van der Waals surface area contributed by atoms with Crippen molar-refractivity contribution in [1.82, 2.24) is 19.7 Å². The number of methoxy groups -OCH3 is 1. The van der Waals surface area contributed by atoms with Crippen LogP contribution in [-0.2, 0) is 0 Å². The number of aromatic nitrogens is 4. The number of hydrogen-bond acceptors (Lipinski definition) is 5. The number of nitrogen functional groups attached to an aromatic ring is 1. The zero-order valence-corrected chi connectivity index (χ0v) is 11.8. The maximum Gasteiger partial charge on any atom is 0.254 e. The van der Waals surface area contributed by atoms with Gasteiger partial charge < -0.3 is 10.5 Å². The Morgan fingerprint density at radius 2 is 2.00 bits per heavy atom. The first-order valence-electron chi connectivity index (χ1n) is 6.47. The van der Waals surface area contributed by atoms with Crippen molar-refractivity contribution in [1.29, 1.82) is 0 Å². The molecule has 2 N–H and O–H groups in total. The monoisotopic (exact) mass is 281 g/mol. The quantitative estimate of drug-likeness (QED) is 0.745. The summed E-state index contributed by atoms with van der Waals surface area (Å²) in [5.41, 5.74) is 9.35. The molecule has 0 spiro atoms. The number of anilines is 1. The lowest BCUT2D eigenvalue weighted by molar-refractivity contribution is 0.395. The average Bonchev–Trinajstić information content (AvgIpc) is 2.96. The van der Waals surface area contributed by atoms with Crippen molar-refractivity contribution < 1.29 is 4.74 Å². The number of benzene rings is 1. The summed E-state index contributed by atoms with van der Waals surface area (Å²) in [7, 11) is 1.57. The first-order chi connectivity index (χ1) is 10.2. The standard InChI is InChI=1S/C15H15N5O/c1-10-7-14(21-2)19-15(18-10)20-9-11(8-17-20)12-5-3-4-6-13(12)16/h3-9H,16H2,1-2H3. The SMILES string of the molecule is COc1cc(C)nc(-n2cc(-c3ccccc3N)cn2)n1. The van der Waals surface area contributed by atoms with Gasteiger partial charge in [0.15, 0.2) is 0 Å². The molecule has 6 heteroatoms. The minimum absolute atomic E-state index is 0.465. The predicted octanol–water partition coefficient (Wildman–Crippen LogP) is 2.23. The largest absolute Gasteiger partial charge is 0.481 e. The minimum Gasteiger partial charge on any atom is -0.481 e. The molecule has 1 aromatic carbocycles. The van der Waals surface area contributed by atoms with Crippen LogP contribution >= 0.6 is 0 Å². The van der Waals surface area contributed by atoms with E-state index in [1.54, 1.807) is 24.1 Å². The Balaban J connectivity index is 2.03. The summed E-state index contributed by atoms with van der Waals surface area (Å²) >= 11 is 0. The number of para-hydroxylation sites is 1. The molecule has 6 nitrogen and oxygen atoms in total. The van der Waals surface area contributed by atoms with E-state index >= 15 is 0 Å². The summed E-state index contributed by atoms with van der Waals surface area (Å²) < 4.78 is 6.76. The molecule has 0 aliphatic carbocycles. The highest BCUT2D eigenvalue weighted by Crippen LogP contribution is 2.25. The third kappa shape index (κ3) is 2.55. The van der Waals surface area contributed by atoms with E-state index < -0.39 is 0 Å². The van der Waals surface area contributed by atoms with Crippen LogP contribution in [0.1, 0.15) is 5.69 Å². The van der Waals surface area contributed by atoms with E-state index in [9.17, 15) is 0 Å². The van der Waals surface area contributed by atoms with Crippen molar-refractivity contribution in [2.75, 3.05) is 12.8 Å². The van der Waals surface area contributed by atoms with Gasteiger partial charge in [0.05, 0.1) is 13.3 Å². The Labute approximate surface area is 122 Å². The zero-order valence-electron chi connectivity index (χ0n) is 11.8. The molecule has 3 aromatic rings. The number of rotatable bonds is 3. The highest BCUT2D eigenvalue weighted by atomic mass is 16.5. The van der Waals surface area contributed by atoms with Crippen molar-refractivity contribution in [2.24, 2.45) is 0 Å². The van der Waals surface area contributed by atoms with Gasteiger partial charge in [-0.25, -0.2) is 9.67 Å². The van der Waals surface area contributed by atoms with Crippen LogP contribution in [0.3, 0.4) is 0 Å². The van der Waals surface area contributed by atoms with Crippen LogP contribution in [-0.4, -0.2) is 26.9 Å². The fourth-order valence-corrected chi connectivity index (χ4v) is 2.06. The van der Waals surface area contributed by atoms with Crippen LogP contribution in [0.2, 0.25) is 0 Å². The molecule has 0 atom stereocenters. The Kier molecular flexibility index (Phi) is 3.27. The average molecular weight is 281 g/mol. The zero-order chi connectivity index (χ0) is 14.8. The lowest BCUT2D eigenvalue weighted by atomic mass is 10.1. The Morgan fingerprint density at radius 1 is 1.19 bits per heavy atom. The molecule has 2 aromatic heterocycles. The molecule has 0 radical (unpaired) electrons.